The Bertz CT molecular complexity index is 369. The van der Waals surface area contributed by atoms with Gasteiger partial charge in [0.2, 0.25) is 11.9 Å². The van der Waals surface area contributed by atoms with E-state index in [1.54, 1.807) is 7.05 Å². The molecule has 0 aromatic carbocycles. The summed E-state index contributed by atoms with van der Waals surface area (Å²) < 4.78 is 5.49. The van der Waals surface area contributed by atoms with Gasteiger partial charge < -0.3 is 15.4 Å². The molecule has 0 fully saturated rings. The van der Waals surface area contributed by atoms with Crippen LogP contribution in [0.15, 0.2) is 0 Å². The van der Waals surface area contributed by atoms with Crippen molar-refractivity contribution in [1.82, 2.24) is 15.0 Å². The predicted octanol–water partition coefficient (Wildman–Crippen LogP) is 2.16. The van der Waals surface area contributed by atoms with Gasteiger partial charge in [-0.1, -0.05) is 20.3 Å². The van der Waals surface area contributed by atoms with Gasteiger partial charge in [0.15, 0.2) is 0 Å². The lowest BCUT2D eigenvalue weighted by molar-refractivity contribution is 0.222. The molecule has 1 aromatic heterocycles. The van der Waals surface area contributed by atoms with Crippen LogP contribution in [0.2, 0.25) is 0 Å². The molecule has 0 saturated carbocycles. The molecule has 0 spiro atoms. The van der Waals surface area contributed by atoms with Crippen LogP contribution >= 0.6 is 0 Å². The molecule has 0 amide bonds. The Labute approximate surface area is 109 Å². The van der Waals surface area contributed by atoms with Crippen molar-refractivity contribution in [3.8, 4) is 6.01 Å². The quantitative estimate of drug-likeness (QED) is 0.776. The van der Waals surface area contributed by atoms with Crippen molar-refractivity contribution in [1.29, 1.82) is 0 Å². The van der Waals surface area contributed by atoms with Crippen LogP contribution in [0, 0.1) is 5.92 Å². The Balaban J connectivity index is 2.76. The normalized spacial score (nSPS) is 12.3. The molecule has 1 rings (SSSR count). The van der Waals surface area contributed by atoms with Crippen LogP contribution < -0.4 is 15.4 Å². The second-order valence-corrected chi connectivity index (χ2v) is 4.58. The Kier molecular flexibility index (Phi) is 5.61. The highest BCUT2D eigenvalue weighted by atomic mass is 16.5. The molecule has 2 N–H and O–H groups in total. The number of aromatic nitrogens is 3. The maximum Gasteiger partial charge on any atom is 0.323 e. The largest absolute Gasteiger partial charge is 0.461 e. The summed E-state index contributed by atoms with van der Waals surface area (Å²) in [6.45, 7) is 9.06. The highest BCUT2D eigenvalue weighted by Crippen LogP contribution is 2.12. The third-order valence-electron chi connectivity index (χ3n) is 2.49. The maximum atomic E-state index is 5.49. The summed E-state index contributed by atoms with van der Waals surface area (Å²) in [7, 11) is 1.77. The fraction of sp³-hybridized carbons (Fsp3) is 0.750. The van der Waals surface area contributed by atoms with Gasteiger partial charge in [-0.25, -0.2) is 0 Å². The van der Waals surface area contributed by atoms with Gasteiger partial charge >= 0.3 is 6.01 Å². The van der Waals surface area contributed by atoms with Gasteiger partial charge in [0.05, 0.1) is 6.10 Å². The smallest absolute Gasteiger partial charge is 0.323 e. The lowest BCUT2D eigenvalue weighted by Gasteiger charge is -2.13. The molecule has 6 nitrogen and oxygen atoms in total. The zero-order chi connectivity index (χ0) is 13.5. The van der Waals surface area contributed by atoms with Gasteiger partial charge in [0.25, 0.3) is 0 Å². The number of ether oxygens (including phenoxy) is 1. The average molecular weight is 253 g/mol. The van der Waals surface area contributed by atoms with E-state index in [-0.39, 0.29) is 6.10 Å². The van der Waals surface area contributed by atoms with E-state index < -0.39 is 0 Å². The molecule has 0 aliphatic heterocycles. The number of anilines is 2. The van der Waals surface area contributed by atoms with E-state index in [1.807, 2.05) is 13.8 Å². The number of nitrogens with zero attached hydrogens (tertiary/aromatic N) is 3. The first-order chi connectivity index (χ1) is 8.55. The van der Waals surface area contributed by atoms with Crippen molar-refractivity contribution >= 4 is 11.9 Å². The molecule has 18 heavy (non-hydrogen) atoms. The van der Waals surface area contributed by atoms with Crippen LogP contribution in [0.25, 0.3) is 0 Å². The molecule has 1 heterocycles. The third-order valence-corrected chi connectivity index (χ3v) is 2.49. The fourth-order valence-corrected chi connectivity index (χ4v) is 1.22. The van der Waals surface area contributed by atoms with Crippen molar-refractivity contribution in [2.75, 3.05) is 24.2 Å². The minimum absolute atomic E-state index is 0.0412. The van der Waals surface area contributed by atoms with Gasteiger partial charge in [-0.3, -0.25) is 0 Å². The third kappa shape index (κ3) is 4.73. The van der Waals surface area contributed by atoms with Crippen LogP contribution in [-0.2, 0) is 0 Å². The molecule has 1 atom stereocenters. The van der Waals surface area contributed by atoms with Crippen molar-refractivity contribution in [2.24, 2.45) is 5.92 Å². The first-order valence-corrected chi connectivity index (χ1v) is 6.39. The van der Waals surface area contributed by atoms with Crippen molar-refractivity contribution in [3.63, 3.8) is 0 Å². The van der Waals surface area contributed by atoms with E-state index in [0.717, 1.165) is 13.0 Å². The molecular formula is C12H23N5O. The van der Waals surface area contributed by atoms with Crippen molar-refractivity contribution in [2.45, 2.75) is 40.2 Å². The van der Waals surface area contributed by atoms with Gasteiger partial charge in [-0.2, -0.15) is 15.0 Å². The summed E-state index contributed by atoms with van der Waals surface area (Å²) in [6, 6.07) is 0.344. The summed E-state index contributed by atoms with van der Waals surface area (Å²) in [5.74, 6) is 1.63. The Morgan fingerprint density at radius 2 is 1.78 bits per heavy atom. The molecule has 102 valence electrons. The second kappa shape index (κ2) is 6.98. The summed E-state index contributed by atoms with van der Waals surface area (Å²) in [4.78, 5) is 12.6. The monoisotopic (exact) mass is 253 g/mol. The second-order valence-electron chi connectivity index (χ2n) is 4.58. The molecular weight excluding hydrogens is 230 g/mol. The molecule has 0 aliphatic carbocycles. The van der Waals surface area contributed by atoms with E-state index >= 15 is 0 Å². The first kappa shape index (κ1) is 14.5. The molecule has 0 aliphatic rings. The molecule has 1 aromatic rings. The van der Waals surface area contributed by atoms with E-state index in [2.05, 4.69) is 39.4 Å². The van der Waals surface area contributed by atoms with Crippen molar-refractivity contribution < 1.29 is 4.74 Å². The fourth-order valence-electron chi connectivity index (χ4n) is 1.22. The average Bonchev–Trinajstić information content (AvgIpc) is 2.34. The Morgan fingerprint density at radius 3 is 2.33 bits per heavy atom. The lowest BCUT2D eigenvalue weighted by Crippen LogP contribution is -2.16. The molecule has 6 heteroatoms. The number of rotatable bonds is 7. The minimum Gasteiger partial charge on any atom is -0.461 e. The summed E-state index contributed by atoms with van der Waals surface area (Å²) in [6.07, 6.45) is 1.16. The lowest BCUT2D eigenvalue weighted by atomic mass is 10.1. The Hall–Kier alpha value is -1.59. The van der Waals surface area contributed by atoms with E-state index in [0.29, 0.717) is 23.8 Å². The van der Waals surface area contributed by atoms with Gasteiger partial charge in [-0.05, 0) is 19.8 Å². The highest BCUT2D eigenvalue weighted by molar-refractivity contribution is 5.35. The minimum atomic E-state index is 0.0412. The topological polar surface area (TPSA) is 72.0 Å². The molecule has 0 radical (unpaired) electrons. The van der Waals surface area contributed by atoms with Gasteiger partial charge in [0, 0.05) is 13.6 Å². The van der Waals surface area contributed by atoms with E-state index in [4.69, 9.17) is 4.74 Å². The zero-order valence-corrected chi connectivity index (χ0v) is 11.8. The van der Waals surface area contributed by atoms with Crippen LogP contribution in [-0.4, -0.2) is 34.6 Å². The SMILES string of the molecule is CCC(C)CNc1nc(NC)nc(OC(C)C)n1. The van der Waals surface area contributed by atoms with Crippen LogP contribution in [0.3, 0.4) is 0 Å². The Morgan fingerprint density at radius 1 is 1.11 bits per heavy atom. The number of hydrogen-bond acceptors (Lipinski definition) is 6. The van der Waals surface area contributed by atoms with Gasteiger partial charge in [-0.15, -0.1) is 0 Å². The van der Waals surface area contributed by atoms with Crippen LogP contribution in [0.1, 0.15) is 34.1 Å². The molecule has 0 saturated heterocycles. The standard InChI is InChI=1S/C12H23N5O/c1-6-9(4)7-14-11-15-10(13-5)16-12(17-11)18-8(2)3/h8-9H,6-7H2,1-5H3,(H2,13,14,15,16,17). The maximum absolute atomic E-state index is 5.49. The van der Waals surface area contributed by atoms with E-state index in [9.17, 15) is 0 Å². The zero-order valence-electron chi connectivity index (χ0n) is 11.8. The van der Waals surface area contributed by atoms with Gasteiger partial charge in [0.1, 0.15) is 0 Å². The number of hydrogen-bond donors (Lipinski definition) is 2. The molecule has 0 bridgehead atoms. The van der Waals surface area contributed by atoms with E-state index in [1.165, 1.54) is 0 Å². The van der Waals surface area contributed by atoms with Crippen LogP contribution in [0.4, 0.5) is 11.9 Å². The first-order valence-electron chi connectivity index (χ1n) is 6.39. The summed E-state index contributed by atoms with van der Waals surface area (Å²) in [5.41, 5.74) is 0. The predicted molar refractivity (Wildman–Crippen MR) is 73.1 cm³/mol. The summed E-state index contributed by atoms with van der Waals surface area (Å²) >= 11 is 0. The van der Waals surface area contributed by atoms with Crippen molar-refractivity contribution in [3.05, 3.63) is 0 Å². The van der Waals surface area contributed by atoms with Crippen LogP contribution in [0.5, 0.6) is 6.01 Å². The summed E-state index contributed by atoms with van der Waals surface area (Å²) in [5, 5.41) is 6.10. The number of nitrogens with one attached hydrogen (secondary N) is 2. The highest BCUT2D eigenvalue weighted by Gasteiger charge is 2.08. The molecule has 1 unspecified atom stereocenters.